The number of likely N-dealkylation sites (N-methyl/N-ethyl adjacent to an activating group) is 1. The molecule has 5 heteroatoms. The van der Waals surface area contributed by atoms with Gasteiger partial charge in [-0.3, -0.25) is 9.69 Å². The number of hydrogen-bond acceptors (Lipinski definition) is 3. The Morgan fingerprint density at radius 2 is 2.15 bits per heavy atom. The summed E-state index contributed by atoms with van der Waals surface area (Å²) >= 11 is 0. The van der Waals surface area contributed by atoms with Crippen LogP contribution in [0.5, 0.6) is 0 Å². The molecule has 1 N–H and O–H groups in total. The first kappa shape index (κ1) is 14.9. The summed E-state index contributed by atoms with van der Waals surface area (Å²) in [6, 6.07) is 6.88. The first-order chi connectivity index (χ1) is 9.56. The van der Waals surface area contributed by atoms with Gasteiger partial charge in [0.1, 0.15) is 5.82 Å². The number of nitrogens with one attached hydrogen (secondary N) is 1. The van der Waals surface area contributed by atoms with E-state index in [2.05, 4.69) is 29.1 Å². The van der Waals surface area contributed by atoms with Crippen LogP contribution in [0.3, 0.4) is 0 Å². The van der Waals surface area contributed by atoms with Crippen LogP contribution in [0.15, 0.2) is 24.3 Å². The van der Waals surface area contributed by atoms with E-state index < -0.39 is 0 Å². The van der Waals surface area contributed by atoms with Crippen LogP contribution in [0.1, 0.15) is 12.5 Å². The van der Waals surface area contributed by atoms with E-state index in [1.54, 1.807) is 18.2 Å². The lowest BCUT2D eigenvalue weighted by atomic mass is 10.2. The summed E-state index contributed by atoms with van der Waals surface area (Å²) in [6.45, 7) is 5.59. The maximum absolute atomic E-state index is 13.4. The smallest absolute Gasteiger partial charge is 0.234 e. The van der Waals surface area contributed by atoms with Gasteiger partial charge in [-0.05, 0) is 20.0 Å². The molecule has 0 unspecified atom stereocenters. The molecule has 0 saturated carbocycles. The molecule has 1 heterocycles. The van der Waals surface area contributed by atoms with Gasteiger partial charge >= 0.3 is 0 Å². The lowest BCUT2D eigenvalue weighted by Gasteiger charge is -2.37. The molecule has 20 heavy (non-hydrogen) atoms. The van der Waals surface area contributed by atoms with Crippen LogP contribution >= 0.6 is 0 Å². The van der Waals surface area contributed by atoms with E-state index in [9.17, 15) is 9.18 Å². The van der Waals surface area contributed by atoms with E-state index >= 15 is 0 Å². The number of nitrogens with zero attached hydrogens (tertiary/aromatic N) is 2. The first-order valence-corrected chi connectivity index (χ1v) is 6.99. The van der Waals surface area contributed by atoms with Crippen molar-refractivity contribution in [3.63, 3.8) is 0 Å². The van der Waals surface area contributed by atoms with Crippen LogP contribution in [0.4, 0.5) is 4.39 Å². The molecule has 0 aromatic heterocycles. The first-order valence-electron chi connectivity index (χ1n) is 6.99. The van der Waals surface area contributed by atoms with Gasteiger partial charge in [-0.15, -0.1) is 0 Å². The number of carbonyl (C=O) groups is 1. The van der Waals surface area contributed by atoms with E-state index in [0.29, 0.717) is 18.2 Å². The summed E-state index contributed by atoms with van der Waals surface area (Å²) in [4.78, 5) is 16.4. The van der Waals surface area contributed by atoms with Crippen LogP contribution < -0.4 is 5.32 Å². The summed E-state index contributed by atoms with van der Waals surface area (Å²) in [5, 5.41) is 2.78. The molecule has 1 atom stereocenters. The number of rotatable bonds is 4. The Morgan fingerprint density at radius 1 is 1.40 bits per heavy atom. The van der Waals surface area contributed by atoms with Gasteiger partial charge in [-0.1, -0.05) is 18.2 Å². The Hall–Kier alpha value is -1.46. The Morgan fingerprint density at radius 3 is 2.85 bits per heavy atom. The van der Waals surface area contributed by atoms with Crippen molar-refractivity contribution in [2.45, 2.75) is 19.5 Å². The summed E-state index contributed by atoms with van der Waals surface area (Å²) in [7, 11) is 2.09. The van der Waals surface area contributed by atoms with Crippen molar-refractivity contribution in [3.05, 3.63) is 35.6 Å². The van der Waals surface area contributed by atoms with Crippen LogP contribution in [-0.4, -0.2) is 55.0 Å². The number of amides is 1. The van der Waals surface area contributed by atoms with E-state index in [0.717, 1.165) is 19.6 Å². The van der Waals surface area contributed by atoms with Gasteiger partial charge in [0.05, 0.1) is 6.54 Å². The molecule has 110 valence electrons. The molecule has 4 nitrogen and oxygen atoms in total. The fourth-order valence-electron chi connectivity index (χ4n) is 2.49. The summed E-state index contributed by atoms with van der Waals surface area (Å²) in [5.74, 6) is -0.328. The van der Waals surface area contributed by atoms with E-state index in [1.807, 2.05) is 0 Å². The lowest BCUT2D eigenvalue weighted by molar-refractivity contribution is -0.123. The normalized spacial score (nSPS) is 20.9. The Bertz CT molecular complexity index is 466. The minimum atomic E-state index is -0.277. The van der Waals surface area contributed by atoms with Gasteiger partial charge in [0.15, 0.2) is 0 Å². The monoisotopic (exact) mass is 279 g/mol. The summed E-state index contributed by atoms with van der Waals surface area (Å²) in [6.07, 6.45) is 0. The van der Waals surface area contributed by atoms with E-state index in [4.69, 9.17) is 0 Å². The molecule has 1 aromatic rings. The quantitative estimate of drug-likeness (QED) is 0.896. The van der Waals surface area contributed by atoms with Gasteiger partial charge in [-0.25, -0.2) is 4.39 Å². The van der Waals surface area contributed by atoms with Gasteiger partial charge in [-0.2, -0.15) is 0 Å². The minimum Gasteiger partial charge on any atom is -0.351 e. The van der Waals surface area contributed by atoms with Gasteiger partial charge in [0.2, 0.25) is 5.91 Å². The third-order valence-corrected chi connectivity index (χ3v) is 3.75. The zero-order valence-corrected chi connectivity index (χ0v) is 12.1. The van der Waals surface area contributed by atoms with Crippen molar-refractivity contribution in [1.29, 1.82) is 0 Å². The summed E-state index contributed by atoms with van der Waals surface area (Å²) < 4.78 is 13.4. The number of halogens is 1. The molecule has 0 bridgehead atoms. The molecule has 2 rings (SSSR count). The number of benzene rings is 1. The highest BCUT2D eigenvalue weighted by atomic mass is 19.1. The average molecular weight is 279 g/mol. The molecular weight excluding hydrogens is 257 g/mol. The topological polar surface area (TPSA) is 35.6 Å². The highest BCUT2D eigenvalue weighted by Gasteiger charge is 2.23. The molecule has 1 aromatic carbocycles. The van der Waals surface area contributed by atoms with Gasteiger partial charge in [0, 0.05) is 37.8 Å². The Labute approximate surface area is 119 Å². The van der Waals surface area contributed by atoms with Crippen LogP contribution in [-0.2, 0) is 11.3 Å². The maximum Gasteiger partial charge on any atom is 0.234 e. The van der Waals surface area contributed by atoms with Gasteiger partial charge < -0.3 is 10.2 Å². The molecule has 0 spiro atoms. The molecule has 1 fully saturated rings. The largest absolute Gasteiger partial charge is 0.351 e. The Balaban J connectivity index is 1.80. The SMILES string of the molecule is C[C@H]1CN(C)CCN1CC(=O)NCc1ccccc1F. The second-order valence-electron chi connectivity index (χ2n) is 5.45. The maximum atomic E-state index is 13.4. The van der Waals surface area contributed by atoms with Crippen molar-refractivity contribution in [1.82, 2.24) is 15.1 Å². The zero-order valence-electron chi connectivity index (χ0n) is 12.1. The highest BCUT2D eigenvalue weighted by molar-refractivity contribution is 5.78. The molecular formula is C15H22FN3O. The molecule has 0 radical (unpaired) electrons. The minimum absolute atomic E-state index is 0.0512. The standard InChI is InChI=1S/C15H22FN3O/c1-12-10-18(2)7-8-19(12)11-15(20)17-9-13-5-3-4-6-14(13)16/h3-6,12H,7-11H2,1-2H3,(H,17,20)/t12-/m0/s1. The average Bonchev–Trinajstić information content (AvgIpc) is 2.41. The van der Waals surface area contributed by atoms with Gasteiger partial charge in [0.25, 0.3) is 0 Å². The van der Waals surface area contributed by atoms with Crippen LogP contribution in [0, 0.1) is 5.82 Å². The third-order valence-electron chi connectivity index (χ3n) is 3.75. The fraction of sp³-hybridized carbons (Fsp3) is 0.533. The fourth-order valence-corrected chi connectivity index (χ4v) is 2.49. The predicted octanol–water partition coefficient (Wildman–Crippen LogP) is 1.08. The molecule has 0 aliphatic carbocycles. The number of carbonyl (C=O) groups excluding carboxylic acids is 1. The zero-order chi connectivity index (χ0) is 14.5. The van der Waals surface area contributed by atoms with Crippen molar-refractivity contribution >= 4 is 5.91 Å². The second-order valence-corrected chi connectivity index (χ2v) is 5.45. The van der Waals surface area contributed by atoms with E-state index in [-0.39, 0.29) is 18.3 Å². The lowest BCUT2D eigenvalue weighted by Crippen LogP contribution is -2.53. The number of piperazine rings is 1. The molecule has 1 saturated heterocycles. The van der Waals surface area contributed by atoms with Crippen molar-refractivity contribution in [2.24, 2.45) is 0 Å². The van der Waals surface area contributed by atoms with Crippen molar-refractivity contribution < 1.29 is 9.18 Å². The van der Waals surface area contributed by atoms with Crippen LogP contribution in [0.25, 0.3) is 0 Å². The van der Waals surface area contributed by atoms with Crippen LogP contribution in [0.2, 0.25) is 0 Å². The predicted molar refractivity (Wildman–Crippen MR) is 76.8 cm³/mol. The second kappa shape index (κ2) is 6.81. The molecule has 1 aliphatic rings. The number of hydrogen-bond donors (Lipinski definition) is 1. The third kappa shape index (κ3) is 4.02. The Kier molecular flexibility index (Phi) is 5.09. The summed E-state index contributed by atoms with van der Waals surface area (Å²) in [5.41, 5.74) is 0.521. The molecule has 1 amide bonds. The molecule has 1 aliphatic heterocycles. The van der Waals surface area contributed by atoms with Crippen molar-refractivity contribution in [3.8, 4) is 0 Å². The van der Waals surface area contributed by atoms with E-state index in [1.165, 1.54) is 6.07 Å². The van der Waals surface area contributed by atoms with Crippen molar-refractivity contribution in [2.75, 3.05) is 33.2 Å². The highest BCUT2D eigenvalue weighted by Crippen LogP contribution is 2.08.